The van der Waals surface area contributed by atoms with Gasteiger partial charge in [0.25, 0.3) is 0 Å². The van der Waals surface area contributed by atoms with E-state index in [4.69, 9.17) is 0 Å². The summed E-state index contributed by atoms with van der Waals surface area (Å²) in [7, 11) is 0. The maximum atomic E-state index is 11.6. The first-order chi connectivity index (χ1) is 6.90. The van der Waals surface area contributed by atoms with E-state index in [0.717, 1.165) is 0 Å². The lowest BCUT2D eigenvalue weighted by atomic mass is 10.1. The van der Waals surface area contributed by atoms with Crippen molar-refractivity contribution in [3.8, 4) is 0 Å². The summed E-state index contributed by atoms with van der Waals surface area (Å²) in [6.07, 6.45) is -7.00. The van der Waals surface area contributed by atoms with Crippen molar-refractivity contribution in [3.05, 3.63) is 35.9 Å². The topological polar surface area (TPSA) is 46.5 Å². The van der Waals surface area contributed by atoms with Gasteiger partial charge in [0.05, 0.1) is 0 Å². The molecule has 0 saturated carbocycles. The van der Waals surface area contributed by atoms with Gasteiger partial charge in [-0.2, -0.15) is 0 Å². The number of carbonyl (C=O) groups is 1. The van der Waals surface area contributed by atoms with E-state index < -0.39 is 18.4 Å². The van der Waals surface area contributed by atoms with Crippen molar-refractivity contribution in [3.63, 3.8) is 0 Å². The van der Waals surface area contributed by atoms with Gasteiger partial charge in [0.15, 0.2) is 6.10 Å². The standard InChI is InChI=1S/C9H7F3O3/c10-9(11,12)15-8(14)7(13)6-4-2-1-3-5-6/h1-5,7,13H. The van der Waals surface area contributed by atoms with Crippen LogP contribution in [0.1, 0.15) is 11.7 Å². The molecular formula is C9H7F3O3. The van der Waals surface area contributed by atoms with Crippen molar-refractivity contribution >= 4 is 5.97 Å². The van der Waals surface area contributed by atoms with Crippen molar-refractivity contribution in [2.75, 3.05) is 0 Å². The fraction of sp³-hybridized carbons (Fsp3) is 0.222. The van der Waals surface area contributed by atoms with Crippen molar-refractivity contribution in [1.29, 1.82) is 0 Å². The third kappa shape index (κ3) is 3.59. The number of hydrogen-bond acceptors (Lipinski definition) is 3. The van der Waals surface area contributed by atoms with Gasteiger partial charge in [-0.15, -0.1) is 13.2 Å². The zero-order chi connectivity index (χ0) is 11.5. The average molecular weight is 220 g/mol. The minimum absolute atomic E-state index is 0.0479. The van der Waals surface area contributed by atoms with Crippen LogP contribution in [0.25, 0.3) is 0 Å². The van der Waals surface area contributed by atoms with Gasteiger partial charge in [0.1, 0.15) is 0 Å². The summed E-state index contributed by atoms with van der Waals surface area (Å²) in [5.41, 5.74) is 0.0479. The number of rotatable bonds is 2. The second kappa shape index (κ2) is 4.31. The summed E-state index contributed by atoms with van der Waals surface area (Å²) in [5, 5.41) is 9.18. The van der Waals surface area contributed by atoms with E-state index in [-0.39, 0.29) is 5.56 Å². The molecule has 0 spiro atoms. The van der Waals surface area contributed by atoms with E-state index in [0.29, 0.717) is 0 Å². The summed E-state index contributed by atoms with van der Waals surface area (Å²) >= 11 is 0. The Balaban J connectivity index is 2.70. The number of ether oxygens (including phenoxy) is 1. The monoisotopic (exact) mass is 220 g/mol. The molecule has 0 heterocycles. The largest absolute Gasteiger partial charge is 0.575 e. The number of benzene rings is 1. The Bertz CT molecular complexity index is 334. The quantitative estimate of drug-likeness (QED) is 0.773. The van der Waals surface area contributed by atoms with Crippen LogP contribution in [-0.2, 0) is 9.53 Å². The highest BCUT2D eigenvalue weighted by atomic mass is 19.4. The molecule has 0 saturated heterocycles. The highest BCUT2D eigenvalue weighted by Gasteiger charge is 2.36. The lowest BCUT2D eigenvalue weighted by Crippen LogP contribution is -2.24. The van der Waals surface area contributed by atoms with Crippen LogP contribution in [0.5, 0.6) is 0 Å². The molecule has 15 heavy (non-hydrogen) atoms. The molecule has 0 radical (unpaired) electrons. The number of aliphatic hydroxyl groups is 1. The van der Waals surface area contributed by atoms with E-state index >= 15 is 0 Å². The molecule has 1 rings (SSSR count). The van der Waals surface area contributed by atoms with Gasteiger partial charge >= 0.3 is 12.3 Å². The van der Waals surface area contributed by atoms with Crippen molar-refractivity contribution in [2.24, 2.45) is 0 Å². The van der Waals surface area contributed by atoms with Gasteiger partial charge in [0, 0.05) is 0 Å². The molecular weight excluding hydrogens is 213 g/mol. The van der Waals surface area contributed by atoms with Gasteiger partial charge in [0.2, 0.25) is 0 Å². The number of hydrogen-bond donors (Lipinski definition) is 1. The highest BCUT2D eigenvalue weighted by Crippen LogP contribution is 2.21. The lowest BCUT2D eigenvalue weighted by molar-refractivity contribution is -0.309. The molecule has 0 bridgehead atoms. The van der Waals surface area contributed by atoms with Crippen LogP contribution in [0, 0.1) is 0 Å². The maximum absolute atomic E-state index is 11.6. The zero-order valence-corrected chi connectivity index (χ0v) is 7.36. The summed E-state index contributed by atoms with van der Waals surface area (Å²) < 4.78 is 37.9. The Kier molecular flexibility index (Phi) is 3.31. The second-order valence-electron chi connectivity index (χ2n) is 2.68. The van der Waals surface area contributed by atoms with Crippen LogP contribution < -0.4 is 0 Å². The number of aliphatic hydroxyl groups excluding tert-OH is 1. The Hall–Kier alpha value is -1.56. The fourth-order valence-electron chi connectivity index (χ4n) is 0.941. The smallest absolute Gasteiger partial charge is 0.377 e. The van der Waals surface area contributed by atoms with E-state index in [2.05, 4.69) is 4.74 Å². The molecule has 3 nitrogen and oxygen atoms in total. The number of halogens is 3. The Labute approximate surface area is 83.1 Å². The van der Waals surface area contributed by atoms with Gasteiger partial charge in [-0.1, -0.05) is 30.3 Å². The molecule has 0 aliphatic rings. The van der Waals surface area contributed by atoms with Gasteiger partial charge in [-0.05, 0) is 5.56 Å². The summed E-state index contributed by atoms with van der Waals surface area (Å²) in [4.78, 5) is 10.8. The molecule has 0 fully saturated rings. The molecule has 1 atom stereocenters. The first-order valence-corrected chi connectivity index (χ1v) is 3.93. The lowest BCUT2D eigenvalue weighted by Gasteiger charge is -2.11. The van der Waals surface area contributed by atoms with E-state index in [1.165, 1.54) is 24.3 Å². The van der Waals surface area contributed by atoms with Crippen molar-refractivity contribution in [2.45, 2.75) is 12.5 Å². The summed E-state index contributed by atoms with van der Waals surface area (Å²) in [5.74, 6) is -1.74. The van der Waals surface area contributed by atoms with Crippen LogP contribution in [-0.4, -0.2) is 17.4 Å². The number of carbonyl (C=O) groups excluding carboxylic acids is 1. The van der Waals surface area contributed by atoms with E-state index in [9.17, 15) is 23.1 Å². The molecule has 1 aromatic carbocycles. The minimum atomic E-state index is -5.08. The minimum Gasteiger partial charge on any atom is -0.377 e. The SMILES string of the molecule is O=C(OC(F)(F)F)C(O)c1ccccc1. The molecule has 0 aliphatic carbocycles. The molecule has 1 N–H and O–H groups in total. The summed E-state index contributed by atoms with van der Waals surface area (Å²) in [6.45, 7) is 0. The number of alkyl halides is 3. The van der Waals surface area contributed by atoms with E-state index in [1.54, 1.807) is 6.07 Å². The van der Waals surface area contributed by atoms with Crippen molar-refractivity contribution < 1.29 is 27.8 Å². The molecule has 1 aromatic rings. The molecule has 6 heteroatoms. The summed E-state index contributed by atoms with van der Waals surface area (Å²) in [6, 6.07) is 7.22. The molecule has 0 amide bonds. The van der Waals surface area contributed by atoms with Gasteiger partial charge < -0.3 is 9.84 Å². The van der Waals surface area contributed by atoms with Crippen LogP contribution in [0.4, 0.5) is 13.2 Å². The van der Waals surface area contributed by atoms with Crippen LogP contribution in [0.3, 0.4) is 0 Å². The predicted octanol–water partition coefficient (Wildman–Crippen LogP) is 1.78. The Morgan fingerprint density at radius 3 is 2.27 bits per heavy atom. The normalized spacial score (nSPS) is 13.3. The average Bonchev–Trinajstić information content (AvgIpc) is 2.15. The number of esters is 1. The first kappa shape index (κ1) is 11.5. The second-order valence-corrected chi connectivity index (χ2v) is 2.68. The van der Waals surface area contributed by atoms with Crippen LogP contribution >= 0.6 is 0 Å². The molecule has 1 unspecified atom stereocenters. The first-order valence-electron chi connectivity index (χ1n) is 3.93. The molecule has 0 aliphatic heterocycles. The van der Waals surface area contributed by atoms with Gasteiger partial charge in [-0.25, -0.2) is 4.79 Å². The van der Waals surface area contributed by atoms with Gasteiger partial charge in [-0.3, -0.25) is 0 Å². The van der Waals surface area contributed by atoms with Crippen molar-refractivity contribution in [1.82, 2.24) is 0 Å². The Morgan fingerprint density at radius 1 is 1.27 bits per heavy atom. The molecule has 0 aromatic heterocycles. The third-order valence-corrected chi connectivity index (χ3v) is 1.55. The predicted molar refractivity (Wildman–Crippen MR) is 43.5 cm³/mol. The zero-order valence-electron chi connectivity index (χ0n) is 7.36. The third-order valence-electron chi connectivity index (χ3n) is 1.55. The fourth-order valence-corrected chi connectivity index (χ4v) is 0.941. The molecule has 82 valence electrons. The maximum Gasteiger partial charge on any atom is 0.575 e. The van der Waals surface area contributed by atoms with Crippen LogP contribution in [0.15, 0.2) is 30.3 Å². The highest BCUT2D eigenvalue weighted by molar-refractivity contribution is 5.76. The Morgan fingerprint density at radius 2 is 1.80 bits per heavy atom. The van der Waals surface area contributed by atoms with Crippen LogP contribution in [0.2, 0.25) is 0 Å². The van der Waals surface area contributed by atoms with E-state index in [1.807, 2.05) is 0 Å².